The van der Waals surface area contributed by atoms with E-state index in [-0.39, 0.29) is 6.54 Å². The molecule has 0 aromatic heterocycles. The second kappa shape index (κ2) is 4.72. The highest BCUT2D eigenvalue weighted by molar-refractivity contribution is 8.00. The molecule has 0 amide bonds. The van der Waals surface area contributed by atoms with Gasteiger partial charge in [0.15, 0.2) is 5.60 Å². The molecule has 88 valence electrons. The van der Waals surface area contributed by atoms with Gasteiger partial charge in [-0.25, -0.2) is 4.79 Å². The van der Waals surface area contributed by atoms with Gasteiger partial charge in [0.05, 0.1) is 0 Å². The summed E-state index contributed by atoms with van der Waals surface area (Å²) in [6.07, 6.45) is 0. The minimum absolute atomic E-state index is 0.203. The lowest BCUT2D eigenvalue weighted by atomic mass is 10.1. The maximum Gasteiger partial charge on any atom is 0.336 e. The van der Waals surface area contributed by atoms with Gasteiger partial charge in [0.25, 0.3) is 0 Å². The summed E-state index contributed by atoms with van der Waals surface area (Å²) in [5, 5.41) is 19.0. The van der Waals surface area contributed by atoms with Gasteiger partial charge in [0.1, 0.15) is 0 Å². The molecule has 0 aromatic carbocycles. The van der Waals surface area contributed by atoms with Crippen LogP contribution in [0.15, 0.2) is 0 Å². The Morgan fingerprint density at radius 2 is 2.20 bits per heavy atom. The van der Waals surface area contributed by atoms with Crippen molar-refractivity contribution in [2.45, 2.75) is 37.7 Å². The van der Waals surface area contributed by atoms with Crippen LogP contribution in [0.2, 0.25) is 0 Å². The number of rotatable bonds is 3. The molecule has 1 heterocycles. The van der Waals surface area contributed by atoms with Gasteiger partial charge in [-0.05, 0) is 13.8 Å². The van der Waals surface area contributed by atoms with Crippen LogP contribution < -0.4 is 0 Å². The fourth-order valence-corrected chi connectivity index (χ4v) is 2.84. The smallest absolute Gasteiger partial charge is 0.336 e. The van der Waals surface area contributed by atoms with Crippen molar-refractivity contribution in [2.75, 3.05) is 18.8 Å². The number of carbonyl (C=O) groups is 1. The molecule has 15 heavy (non-hydrogen) atoms. The molecule has 1 aliphatic rings. The van der Waals surface area contributed by atoms with Crippen molar-refractivity contribution in [1.82, 2.24) is 4.90 Å². The number of hydrogen-bond donors (Lipinski definition) is 2. The van der Waals surface area contributed by atoms with E-state index in [2.05, 4.69) is 18.7 Å². The van der Waals surface area contributed by atoms with E-state index in [0.29, 0.717) is 11.3 Å². The van der Waals surface area contributed by atoms with Crippen molar-refractivity contribution in [3.63, 3.8) is 0 Å². The molecule has 1 aliphatic heterocycles. The van der Waals surface area contributed by atoms with Gasteiger partial charge >= 0.3 is 5.97 Å². The Labute approximate surface area is 94.7 Å². The van der Waals surface area contributed by atoms with Crippen LogP contribution >= 0.6 is 11.8 Å². The van der Waals surface area contributed by atoms with E-state index in [4.69, 9.17) is 5.11 Å². The van der Waals surface area contributed by atoms with Crippen molar-refractivity contribution in [1.29, 1.82) is 0 Å². The normalized spacial score (nSPS) is 32.3. The van der Waals surface area contributed by atoms with Crippen molar-refractivity contribution in [3.05, 3.63) is 0 Å². The minimum Gasteiger partial charge on any atom is -0.479 e. The maximum absolute atomic E-state index is 10.8. The number of aliphatic carboxylic acids is 1. The highest BCUT2D eigenvalue weighted by Crippen LogP contribution is 2.25. The van der Waals surface area contributed by atoms with Gasteiger partial charge in [0.2, 0.25) is 0 Å². The SMILES string of the molecule is CC1SCCN(CC(C)(O)C(=O)O)C1C. The zero-order valence-corrected chi connectivity index (χ0v) is 10.3. The lowest BCUT2D eigenvalue weighted by Crippen LogP contribution is -2.53. The third-order valence-electron chi connectivity index (χ3n) is 2.99. The van der Waals surface area contributed by atoms with Gasteiger partial charge in [0, 0.05) is 30.1 Å². The summed E-state index contributed by atoms with van der Waals surface area (Å²) in [4.78, 5) is 12.9. The molecule has 0 spiro atoms. The predicted molar refractivity (Wildman–Crippen MR) is 61.2 cm³/mol. The monoisotopic (exact) mass is 233 g/mol. The minimum atomic E-state index is -1.64. The van der Waals surface area contributed by atoms with Crippen LogP contribution in [-0.2, 0) is 4.79 Å². The summed E-state index contributed by atoms with van der Waals surface area (Å²) < 4.78 is 0. The zero-order chi connectivity index (χ0) is 11.6. The highest BCUT2D eigenvalue weighted by Gasteiger charge is 2.36. The third-order valence-corrected chi connectivity index (χ3v) is 4.32. The van der Waals surface area contributed by atoms with Gasteiger partial charge in [-0.15, -0.1) is 0 Å². The molecule has 0 radical (unpaired) electrons. The average Bonchev–Trinajstić information content (AvgIpc) is 2.12. The first-order valence-corrected chi connectivity index (χ1v) is 6.21. The van der Waals surface area contributed by atoms with Crippen LogP contribution in [0, 0.1) is 0 Å². The lowest BCUT2D eigenvalue weighted by Gasteiger charge is -2.39. The van der Waals surface area contributed by atoms with E-state index in [1.165, 1.54) is 6.92 Å². The van der Waals surface area contributed by atoms with Crippen LogP contribution in [0.3, 0.4) is 0 Å². The summed E-state index contributed by atoms with van der Waals surface area (Å²) in [6.45, 7) is 6.62. The molecule has 1 saturated heterocycles. The number of hydrogen-bond acceptors (Lipinski definition) is 4. The topological polar surface area (TPSA) is 60.8 Å². The molecule has 2 N–H and O–H groups in total. The Balaban J connectivity index is 2.61. The fourth-order valence-electron chi connectivity index (χ4n) is 1.68. The van der Waals surface area contributed by atoms with Gasteiger partial charge in [-0.2, -0.15) is 11.8 Å². The Kier molecular flexibility index (Phi) is 4.03. The molecule has 0 saturated carbocycles. The average molecular weight is 233 g/mol. The summed E-state index contributed by atoms with van der Waals surface area (Å²) >= 11 is 1.89. The molecule has 0 aromatic rings. The first-order valence-electron chi connectivity index (χ1n) is 5.16. The van der Waals surface area contributed by atoms with E-state index in [1.807, 2.05) is 11.8 Å². The highest BCUT2D eigenvalue weighted by atomic mass is 32.2. The Bertz CT molecular complexity index is 245. The Morgan fingerprint density at radius 1 is 1.60 bits per heavy atom. The van der Waals surface area contributed by atoms with Crippen LogP contribution in [0.25, 0.3) is 0 Å². The molecule has 0 aliphatic carbocycles. The van der Waals surface area contributed by atoms with Crippen LogP contribution in [0.1, 0.15) is 20.8 Å². The molecule has 3 unspecified atom stereocenters. The van der Waals surface area contributed by atoms with Crippen LogP contribution in [0.5, 0.6) is 0 Å². The molecule has 5 heteroatoms. The quantitative estimate of drug-likeness (QED) is 0.749. The standard InChI is InChI=1S/C10H19NO3S/c1-7-8(2)15-5-4-11(7)6-10(3,14)9(12)13/h7-8,14H,4-6H2,1-3H3,(H,12,13). The van der Waals surface area contributed by atoms with E-state index in [0.717, 1.165) is 12.3 Å². The second-order valence-electron chi connectivity index (χ2n) is 4.37. The number of carboxylic acids is 1. The van der Waals surface area contributed by atoms with Gasteiger partial charge < -0.3 is 10.2 Å². The van der Waals surface area contributed by atoms with Crippen molar-refractivity contribution < 1.29 is 15.0 Å². The van der Waals surface area contributed by atoms with Crippen LogP contribution in [-0.4, -0.2) is 56.8 Å². The molecular weight excluding hydrogens is 214 g/mol. The summed E-state index contributed by atoms with van der Waals surface area (Å²) in [7, 11) is 0. The third kappa shape index (κ3) is 3.09. The Morgan fingerprint density at radius 3 is 2.73 bits per heavy atom. The van der Waals surface area contributed by atoms with Crippen LogP contribution in [0.4, 0.5) is 0 Å². The lowest BCUT2D eigenvalue weighted by molar-refractivity contribution is -0.158. The van der Waals surface area contributed by atoms with E-state index >= 15 is 0 Å². The van der Waals surface area contributed by atoms with Crippen molar-refractivity contribution in [3.8, 4) is 0 Å². The molecule has 0 bridgehead atoms. The van der Waals surface area contributed by atoms with Crippen molar-refractivity contribution in [2.24, 2.45) is 0 Å². The maximum atomic E-state index is 10.8. The molecule has 4 nitrogen and oxygen atoms in total. The predicted octanol–water partition coefficient (Wildman–Crippen LogP) is 0.648. The van der Waals surface area contributed by atoms with E-state index < -0.39 is 11.6 Å². The first kappa shape index (κ1) is 12.8. The van der Waals surface area contributed by atoms with Crippen molar-refractivity contribution >= 4 is 17.7 Å². The second-order valence-corrected chi connectivity index (χ2v) is 5.85. The number of thioether (sulfide) groups is 1. The van der Waals surface area contributed by atoms with E-state index in [1.54, 1.807) is 0 Å². The fraction of sp³-hybridized carbons (Fsp3) is 0.900. The summed E-state index contributed by atoms with van der Waals surface area (Å²) in [5.74, 6) is -0.151. The summed E-state index contributed by atoms with van der Waals surface area (Å²) in [6, 6.07) is 0.314. The Hall–Kier alpha value is -0.260. The molecule has 3 atom stereocenters. The van der Waals surface area contributed by atoms with Gasteiger partial charge in [-0.1, -0.05) is 6.92 Å². The number of carboxylic acid groups (broad SMARTS) is 1. The summed E-state index contributed by atoms with van der Waals surface area (Å²) in [5.41, 5.74) is -1.64. The molecule has 1 fully saturated rings. The number of β-amino-alcohol motifs (C(OH)–C–C–N with tert-alkyl or cyclic N) is 1. The molecular formula is C10H19NO3S. The number of aliphatic hydroxyl groups is 1. The van der Waals surface area contributed by atoms with E-state index in [9.17, 15) is 9.90 Å². The molecule has 1 rings (SSSR count). The zero-order valence-electron chi connectivity index (χ0n) is 9.43. The van der Waals surface area contributed by atoms with Gasteiger partial charge in [-0.3, -0.25) is 4.90 Å². The first-order chi connectivity index (χ1) is 6.84. The number of nitrogens with zero attached hydrogens (tertiary/aromatic N) is 1. The largest absolute Gasteiger partial charge is 0.479 e.